The van der Waals surface area contributed by atoms with Crippen molar-refractivity contribution in [1.29, 1.82) is 0 Å². The van der Waals surface area contributed by atoms with Gasteiger partial charge in [-0.15, -0.1) is 0 Å². The monoisotopic (exact) mass is 391 g/mol. The summed E-state index contributed by atoms with van der Waals surface area (Å²) in [5, 5.41) is 7.31. The summed E-state index contributed by atoms with van der Waals surface area (Å²) in [6.45, 7) is 12.0. The van der Waals surface area contributed by atoms with Crippen LogP contribution in [-0.4, -0.2) is 50.8 Å². The molecule has 0 aliphatic heterocycles. The Balaban J connectivity index is 0.000000292. The summed E-state index contributed by atoms with van der Waals surface area (Å²) < 4.78 is 9.94. The quantitative estimate of drug-likeness (QED) is 0.685. The van der Waals surface area contributed by atoms with E-state index in [1.807, 2.05) is 14.1 Å². The molecule has 0 amide bonds. The van der Waals surface area contributed by atoms with Crippen LogP contribution in [0, 0.1) is 13.8 Å². The maximum absolute atomic E-state index is 11.9. The Morgan fingerprint density at radius 3 is 1.64 bits per heavy atom. The molecule has 9 heteroatoms. The van der Waals surface area contributed by atoms with E-state index in [4.69, 9.17) is 9.05 Å². The highest BCUT2D eigenvalue weighted by atomic mass is 16.5. The molecule has 0 atom stereocenters. The zero-order valence-electron chi connectivity index (χ0n) is 18.0. The summed E-state index contributed by atoms with van der Waals surface area (Å²) in [5.74, 6) is 1.77. The second kappa shape index (κ2) is 8.90. The molecule has 0 aliphatic rings. The number of aromatic nitrogens is 4. The minimum atomic E-state index is -0.784. The number of carbonyl (C=O) groups is 2. The Hall–Kier alpha value is -2.84. The summed E-state index contributed by atoms with van der Waals surface area (Å²) in [6.07, 6.45) is 3.22. The van der Waals surface area contributed by atoms with Crippen molar-refractivity contribution in [1.82, 2.24) is 25.2 Å². The molecule has 2 aromatic heterocycles. The van der Waals surface area contributed by atoms with E-state index in [1.165, 1.54) is 13.0 Å². The van der Waals surface area contributed by atoms with Gasteiger partial charge >= 0.3 is 0 Å². The minimum absolute atomic E-state index is 0.0196. The van der Waals surface area contributed by atoms with Crippen LogP contribution in [0.1, 0.15) is 58.0 Å². The molecule has 0 aromatic carbocycles. The Labute approximate surface area is 165 Å². The fourth-order valence-electron chi connectivity index (χ4n) is 1.78. The van der Waals surface area contributed by atoms with Crippen molar-refractivity contribution in [3.63, 3.8) is 0 Å². The lowest BCUT2D eigenvalue weighted by molar-refractivity contribution is -0.122. The molecule has 0 unspecified atom stereocenters. The number of allylic oxidation sites excluding steroid dienone is 1. The smallest absolute Gasteiger partial charge is 0.240 e. The molecule has 9 nitrogen and oxygen atoms in total. The predicted molar refractivity (Wildman–Crippen MR) is 103 cm³/mol. The molecule has 2 rings (SSSR count). The zero-order valence-corrected chi connectivity index (χ0v) is 18.0. The lowest BCUT2D eigenvalue weighted by atomic mass is 9.88. The number of hydrogen-bond acceptors (Lipinski definition) is 9. The number of nitrogens with zero attached hydrogens (tertiary/aromatic N) is 5. The van der Waals surface area contributed by atoms with Gasteiger partial charge in [0.05, 0.1) is 0 Å². The van der Waals surface area contributed by atoms with Crippen molar-refractivity contribution in [3.8, 4) is 0 Å². The number of carbonyl (C=O) groups excluding carboxylic acids is 2. The van der Waals surface area contributed by atoms with Gasteiger partial charge in [0.1, 0.15) is 16.6 Å². The Morgan fingerprint density at radius 1 is 0.893 bits per heavy atom. The second-order valence-corrected chi connectivity index (χ2v) is 7.74. The molecule has 2 heterocycles. The maximum Gasteiger partial charge on any atom is 0.240 e. The number of aryl methyl sites for hydroxylation is 2. The molecule has 0 spiro atoms. The first-order valence-electron chi connectivity index (χ1n) is 8.80. The summed E-state index contributed by atoms with van der Waals surface area (Å²) in [4.78, 5) is 33.0. The van der Waals surface area contributed by atoms with Crippen LogP contribution < -0.4 is 0 Å². The van der Waals surface area contributed by atoms with Crippen molar-refractivity contribution in [2.45, 2.75) is 59.3 Å². The van der Waals surface area contributed by atoms with Gasteiger partial charge in [-0.25, -0.2) is 0 Å². The van der Waals surface area contributed by atoms with Crippen molar-refractivity contribution >= 4 is 11.6 Å². The largest absolute Gasteiger partial charge is 0.383 e. The molecule has 0 radical (unpaired) electrons. The number of rotatable bonds is 6. The fourth-order valence-corrected chi connectivity index (χ4v) is 1.78. The molecule has 154 valence electrons. The van der Waals surface area contributed by atoms with Gasteiger partial charge < -0.3 is 13.9 Å². The average molecular weight is 391 g/mol. The van der Waals surface area contributed by atoms with Crippen molar-refractivity contribution in [2.24, 2.45) is 0 Å². The van der Waals surface area contributed by atoms with E-state index in [9.17, 15) is 9.59 Å². The molecule has 0 N–H and O–H groups in total. The first kappa shape index (κ1) is 23.2. The molecule has 28 heavy (non-hydrogen) atoms. The topological polar surface area (TPSA) is 115 Å². The molecular formula is C19H29N5O4. The van der Waals surface area contributed by atoms with Crippen molar-refractivity contribution in [2.75, 3.05) is 14.1 Å². The fraction of sp³-hybridized carbons (Fsp3) is 0.579. The summed E-state index contributed by atoms with van der Waals surface area (Å²) in [5.41, 5.74) is -1.45. The lowest BCUT2D eigenvalue weighted by Crippen LogP contribution is -2.28. The van der Waals surface area contributed by atoms with E-state index >= 15 is 0 Å². The van der Waals surface area contributed by atoms with Gasteiger partial charge in [-0.05, 0) is 54.5 Å². The number of ketones is 2. The normalized spacial score (nSPS) is 11.9. The molecule has 0 saturated heterocycles. The van der Waals surface area contributed by atoms with E-state index < -0.39 is 10.8 Å². The average Bonchev–Trinajstić information content (AvgIpc) is 3.22. The van der Waals surface area contributed by atoms with E-state index in [1.54, 1.807) is 52.6 Å². The Morgan fingerprint density at radius 2 is 1.32 bits per heavy atom. The molecule has 0 aliphatic carbocycles. The Kier molecular flexibility index (Phi) is 7.37. The standard InChI is InChI=1S/C11H17N3O2.C8H12N2O2/c1-8-12-10(16-13-8)11(2,3)9(15)6-7-14(4)5;1-5(11)8(3,4)7-9-6(2)10-12-7/h6-7H,1-5H3;1-4H3. The predicted octanol–water partition coefficient (Wildman–Crippen LogP) is 2.54. The van der Waals surface area contributed by atoms with Gasteiger partial charge in [0, 0.05) is 20.3 Å². The maximum atomic E-state index is 11.9. The highest BCUT2D eigenvalue weighted by molar-refractivity contribution is 5.97. The Bertz CT molecular complexity index is 846. The summed E-state index contributed by atoms with van der Waals surface area (Å²) >= 11 is 0. The van der Waals surface area contributed by atoms with Crippen molar-refractivity contribution in [3.05, 3.63) is 35.7 Å². The molecule has 2 aromatic rings. The third-order valence-electron chi connectivity index (χ3n) is 4.14. The lowest BCUT2D eigenvalue weighted by Gasteiger charge is -2.16. The van der Waals surface area contributed by atoms with Gasteiger partial charge in [-0.3, -0.25) is 9.59 Å². The molecule has 0 bridgehead atoms. The number of Topliss-reactive ketones (excluding diaryl/α,β-unsaturated/α-hetero) is 1. The zero-order chi connectivity index (χ0) is 21.7. The van der Waals surface area contributed by atoms with Gasteiger partial charge in [-0.1, -0.05) is 10.3 Å². The van der Waals surface area contributed by atoms with E-state index in [2.05, 4.69) is 20.3 Å². The highest BCUT2D eigenvalue weighted by Crippen LogP contribution is 2.23. The second-order valence-electron chi connectivity index (χ2n) is 7.74. The van der Waals surface area contributed by atoms with Gasteiger partial charge in [0.25, 0.3) is 0 Å². The van der Waals surface area contributed by atoms with E-state index in [0.29, 0.717) is 23.4 Å². The van der Waals surface area contributed by atoms with Gasteiger partial charge in [0.2, 0.25) is 11.8 Å². The van der Waals surface area contributed by atoms with Gasteiger partial charge in [-0.2, -0.15) is 9.97 Å². The molecular weight excluding hydrogens is 362 g/mol. The van der Waals surface area contributed by atoms with Crippen molar-refractivity contribution < 1.29 is 18.6 Å². The third kappa shape index (κ3) is 5.83. The van der Waals surface area contributed by atoms with E-state index in [0.717, 1.165) is 0 Å². The van der Waals surface area contributed by atoms with Gasteiger partial charge in [0.15, 0.2) is 17.4 Å². The number of hydrogen-bond donors (Lipinski definition) is 0. The molecule has 0 saturated carbocycles. The SMILES string of the molecule is CC(=O)C(C)(C)c1nc(C)no1.Cc1noc(C(C)(C)C(=O)C=CN(C)C)n1. The minimum Gasteiger partial charge on any atom is -0.383 e. The van der Waals surface area contributed by atoms with Crippen LogP contribution in [0.4, 0.5) is 0 Å². The van der Waals surface area contributed by atoms with E-state index in [-0.39, 0.29) is 11.6 Å². The van der Waals surface area contributed by atoms with Crippen LogP contribution in [0.25, 0.3) is 0 Å². The third-order valence-corrected chi connectivity index (χ3v) is 4.14. The van der Waals surface area contributed by atoms with Crippen LogP contribution in [0.15, 0.2) is 21.3 Å². The van der Waals surface area contributed by atoms with Crippen LogP contribution in [0.3, 0.4) is 0 Å². The first-order valence-corrected chi connectivity index (χ1v) is 8.80. The summed E-state index contributed by atoms with van der Waals surface area (Å²) in [6, 6.07) is 0. The van der Waals surface area contributed by atoms with Crippen LogP contribution in [0.2, 0.25) is 0 Å². The van der Waals surface area contributed by atoms with Crippen LogP contribution >= 0.6 is 0 Å². The first-order chi connectivity index (χ1) is 12.8. The van der Waals surface area contributed by atoms with Crippen LogP contribution in [0.5, 0.6) is 0 Å². The molecule has 0 fully saturated rings. The van der Waals surface area contributed by atoms with Crippen LogP contribution in [-0.2, 0) is 20.4 Å². The summed E-state index contributed by atoms with van der Waals surface area (Å²) in [7, 11) is 3.71. The highest BCUT2D eigenvalue weighted by Gasteiger charge is 2.34.